The summed E-state index contributed by atoms with van der Waals surface area (Å²) in [6, 6.07) is 12.0. The highest BCUT2D eigenvalue weighted by Crippen LogP contribution is 2.24. The lowest BCUT2D eigenvalue weighted by atomic mass is 10.1. The Hall–Kier alpha value is -1.87. The third kappa shape index (κ3) is 2.93. The first-order valence-electron chi connectivity index (χ1n) is 5.81. The molecule has 19 heavy (non-hydrogen) atoms. The third-order valence-corrected chi connectivity index (χ3v) is 3.29. The second kappa shape index (κ2) is 5.85. The van der Waals surface area contributed by atoms with Gasteiger partial charge in [-0.25, -0.2) is 4.39 Å². The van der Waals surface area contributed by atoms with Crippen LogP contribution in [0.4, 0.5) is 10.1 Å². The lowest BCUT2D eigenvalue weighted by Gasteiger charge is -2.21. The molecule has 0 aromatic heterocycles. The van der Waals surface area contributed by atoms with Crippen molar-refractivity contribution in [2.75, 3.05) is 11.9 Å². The fourth-order valence-corrected chi connectivity index (χ4v) is 2.14. The molecule has 0 aliphatic carbocycles. The van der Waals surface area contributed by atoms with E-state index >= 15 is 0 Å². The van der Waals surface area contributed by atoms with Gasteiger partial charge in [-0.15, -0.1) is 0 Å². The number of anilines is 1. The van der Waals surface area contributed by atoms with E-state index < -0.39 is 5.82 Å². The molecule has 2 aromatic rings. The van der Waals surface area contributed by atoms with Crippen LogP contribution < -0.4 is 4.90 Å². The average molecular weight is 278 g/mol. The summed E-state index contributed by atoms with van der Waals surface area (Å²) in [5.41, 5.74) is 1.54. The Balaban J connectivity index is 2.30. The number of hydrogen-bond acceptors (Lipinski definition) is 2. The van der Waals surface area contributed by atoms with Gasteiger partial charge < -0.3 is 4.90 Å². The van der Waals surface area contributed by atoms with Crippen LogP contribution in [0.5, 0.6) is 0 Å². The van der Waals surface area contributed by atoms with E-state index in [1.54, 1.807) is 30.1 Å². The number of nitrogens with zero attached hydrogens (tertiary/aromatic N) is 1. The van der Waals surface area contributed by atoms with Crippen molar-refractivity contribution in [2.45, 2.75) is 6.54 Å². The molecule has 0 fully saturated rings. The Morgan fingerprint density at radius 3 is 2.63 bits per heavy atom. The van der Waals surface area contributed by atoms with Crippen LogP contribution in [-0.4, -0.2) is 13.3 Å². The molecule has 2 aromatic carbocycles. The number of aldehydes is 1. The largest absolute Gasteiger partial charge is 0.370 e. The predicted octanol–water partition coefficient (Wildman–Crippen LogP) is 3.93. The number of rotatable bonds is 4. The molecule has 0 saturated carbocycles. The smallest absolute Gasteiger partial charge is 0.155 e. The monoisotopic (exact) mass is 277 g/mol. The number of carbonyl (C=O) groups excluding carboxylic acids is 1. The van der Waals surface area contributed by atoms with Crippen molar-refractivity contribution in [1.82, 2.24) is 0 Å². The van der Waals surface area contributed by atoms with Gasteiger partial charge in [0, 0.05) is 18.6 Å². The highest BCUT2D eigenvalue weighted by molar-refractivity contribution is 6.31. The quantitative estimate of drug-likeness (QED) is 0.789. The summed E-state index contributed by atoms with van der Waals surface area (Å²) in [6.45, 7) is 0.504. The molecule has 0 unspecified atom stereocenters. The minimum atomic E-state index is -0.515. The number of carbonyl (C=O) groups is 1. The van der Waals surface area contributed by atoms with Crippen molar-refractivity contribution in [3.8, 4) is 0 Å². The van der Waals surface area contributed by atoms with Crippen molar-refractivity contribution in [3.05, 3.63) is 64.4 Å². The molecule has 2 nitrogen and oxygen atoms in total. The van der Waals surface area contributed by atoms with Gasteiger partial charge in [-0.3, -0.25) is 4.79 Å². The maximum absolute atomic E-state index is 13.5. The Bertz CT molecular complexity index is 600. The van der Waals surface area contributed by atoms with Gasteiger partial charge in [0.05, 0.1) is 11.3 Å². The van der Waals surface area contributed by atoms with E-state index in [0.29, 0.717) is 23.5 Å². The van der Waals surface area contributed by atoms with E-state index in [1.807, 2.05) is 18.2 Å². The zero-order chi connectivity index (χ0) is 13.8. The summed E-state index contributed by atoms with van der Waals surface area (Å²) in [5, 5.41) is 0.651. The highest BCUT2D eigenvalue weighted by Gasteiger charge is 2.12. The molecule has 98 valence electrons. The van der Waals surface area contributed by atoms with Gasteiger partial charge in [-0.2, -0.15) is 0 Å². The number of hydrogen-bond donors (Lipinski definition) is 0. The van der Waals surface area contributed by atoms with E-state index in [4.69, 9.17) is 11.6 Å². The first-order chi connectivity index (χ1) is 9.13. The molecule has 0 atom stereocenters. The van der Waals surface area contributed by atoms with Crippen LogP contribution in [0.2, 0.25) is 5.02 Å². The van der Waals surface area contributed by atoms with Gasteiger partial charge >= 0.3 is 0 Å². The molecule has 4 heteroatoms. The molecule has 0 N–H and O–H groups in total. The van der Waals surface area contributed by atoms with Crippen LogP contribution in [0.15, 0.2) is 42.5 Å². The summed E-state index contributed by atoms with van der Waals surface area (Å²) >= 11 is 6.09. The zero-order valence-electron chi connectivity index (χ0n) is 10.4. The average Bonchev–Trinajstić information content (AvgIpc) is 2.41. The fourth-order valence-electron chi connectivity index (χ4n) is 1.94. The minimum absolute atomic E-state index is 0.0667. The van der Waals surface area contributed by atoms with Gasteiger partial charge in [0.1, 0.15) is 5.82 Å². The van der Waals surface area contributed by atoms with Crippen LogP contribution in [0.25, 0.3) is 0 Å². The van der Waals surface area contributed by atoms with E-state index in [9.17, 15) is 9.18 Å². The summed E-state index contributed by atoms with van der Waals surface area (Å²) in [4.78, 5) is 12.8. The lowest BCUT2D eigenvalue weighted by Crippen LogP contribution is -2.18. The molecule has 0 aliphatic rings. The van der Waals surface area contributed by atoms with E-state index in [0.717, 1.165) is 5.56 Å². The van der Waals surface area contributed by atoms with Crippen molar-refractivity contribution in [3.63, 3.8) is 0 Å². The van der Waals surface area contributed by atoms with Gasteiger partial charge in [0.25, 0.3) is 0 Å². The van der Waals surface area contributed by atoms with Crippen LogP contribution in [0.3, 0.4) is 0 Å². The third-order valence-electron chi connectivity index (χ3n) is 2.92. The summed E-state index contributed by atoms with van der Waals surface area (Å²) < 4.78 is 13.5. The van der Waals surface area contributed by atoms with E-state index in [2.05, 4.69) is 0 Å². The predicted molar refractivity (Wildman–Crippen MR) is 75.3 cm³/mol. The second-order valence-electron chi connectivity index (χ2n) is 4.24. The second-order valence-corrected chi connectivity index (χ2v) is 4.65. The molecular weight excluding hydrogens is 265 g/mol. The van der Waals surface area contributed by atoms with Crippen molar-refractivity contribution < 1.29 is 9.18 Å². The molecule has 0 heterocycles. The molecular formula is C15H13ClFNO. The van der Waals surface area contributed by atoms with Crippen molar-refractivity contribution in [2.24, 2.45) is 0 Å². The van der Waals surface area contributed by atoms with Crippen molar-refractivity contribution >= 4 is 23.6 Å². The Morgan fingerprint density at radius 1 is 1.21 bits per heavy atom. The van der Waals surface area contributed by atoms with Crippen LogP contribution in [0, 0.1) is 5.82 Å². The molecule has 0 spiro atoms. The topological polar surface area (TPSA) is 20.3 Å². The van der Waals surface area contributed by atoms with Gasteiger partial charge in [0.15, 0.2) is 6.29 Å². The Kier molecular flexibility index (Phi) is 4.17. The van der Waals surface area contributed by atoms with Crippen LogP contribution in [0.1, 0.15) is 15.9 Å². The lowest BCUT2D eigenvalue weighted by molar-refractivity contribution is 0.112. The summed E-state index contributed by atoms with van der Waals surface area (Å²) in [7, 11) is 1.80. The maximum Gasteiger partial charge on any atom is 0.155 e. The minimum Gasteiger partial charge on any atom is -0.370 e. The standard InChI is InChI=1S/C15H13ClFNO/c1-18(9-11-5-2-3-6-13(11)16)15-8-4-7-14(17)12(15)10-19/h2-8,10H,9H2,1H3. The SMILES string of the molecule is CN(Cc1ccccc1Cl)c1cccc(F)c1C=O. The fraction of sp³-hybridized carbons (Fsp3) is 0.133. The van der Waals surface area contributed by atoms with Gasteiger partial charge in [0.2, 0.25) is 0 Å². The van der Waals surface area contributed by atoms with Gasteiger partial charge in [-0.1, -0.05) is 35.9 Å². The molecule has 0 amide bonds. The van der Waals surface area contributed by atoms with E-state index in [-0.39, 0.29) is 5.56 Å². The Labute approximate surface area is 116 Å². The first kappa shape index (κ1) is 13.6. The van der Waals surface area contributed by atoms with E-state index in [1.165, 1.54) is 6.07 Å². The molecule has 0 saturated heterocycles. The first-order valence-corrected chi connectivity index (χ1v) is 6.19. The Morgan fingerprint density at radius 2 is 1.95 bits per heavy atom. The molecule has 0 aliphatic heterocycles. The number of benzene rings is 2. The van der Waals surface area contributed by atoms with Gasteiger partial charge in [-0.05, 0) is 23.8 Å². The molecule has 2 rings (SSSR count). The maximum atomic E-state index is 13.5. The van der Waals surface area contributed by atoms with Crippen LogP contribution >= 0.6 is 11.6 Å². The summed E-state index contributed by atoms with van der Waals surface area (Å²) in [6.07, 6.45) is 0.535. The van der Waals surface area contributed by atoms with Crippen molar-refractivity contribution in [1.29, 1.82) is 0 Å². The zero-order valence-corrected chi connectivity index (χ0v) is 11.2. The normalized spacial score (nSPS) is 10.3. The summed E-state index contributed by atoms with van der Waals surface area (Å²) in [5.74, 6) is -0.515. The number of halogens is 2. The molecule has 0 bridgehead atoms. The molecule has 0 radical (unpaired) electrons. The van der Waals surface area contributed by atoms with Crippen LogP contribution in [-0.2, 0) is 6.54 Å². The highest BCUT2D eigenvalue weighted by atomic mass is 35.5.